The third-order valence-electron chi connectivity index (χ3n) is 4.92. The van der Waals surface area contributed by atoms with E-state index in [0.29, 0.717) is 6.04 Å². The summed E-state index contributed by atoms with van der Waals surface area (Å²) >= 11 is 1.85. The lowest BCUT2D eigenvalue weighted by Crippen LogP contribution is -2.32. The van der Waals surface area contributed by atoms with Gasteiger partial charge in [0.2, 0.25) is 0 Å². The summed E-state index contributed by atoms with van der Waals surface area (Å²) < 4.78 is 0. The van der Waals surface area contributed by atoms with Crippen molar-refractivity contribution in [1.29, 1.82) is 0 Å². The Morgan fingerprint density at radius 3 is 2.83 bits per heavy atom. The van der Waals surface area contributed by atoms with Gasteiger partial charge in [0.05, 0.1) is 16.4 Å². The summed E-state index contributed by atoms with van der Waals surface area (Å²) in [7, 11) is 2.24. The fraction of sp³-hybridized carbons (Fsp3) is 0.579. The van der Waals surface area contributed by atoms with Crippen molar-refractivity contribution in [3.05, 3.63) is 45.7 Å². The van der Waals surface area contributed by atoms with Crippen molar-refractivity contribution in [2.24, 2.45) is 0 Å². The number of likely N-dealkylation sites (tertiary alicyclic amines) is 1. The second-order valence-electron chi connectivity index (χ2n) is 6.84. The molecule has 1 fully saturated rings. The first-order valence-corrected chi connectivity index (χ1v) is 9.69. The van der Waals surface area contributed by atoms with Gasteiger partial charge in [-0.3, -0.25) is 14.8 Å². The molecule has 1 atom stereocenters. The zero-order valence-electron chi connectivity index (χ0n) is 15.0. The maximum atomic E-state index is 4.57. The average Bonchev–Trinajstić information content (AvgIpc) is 2.76. The predicted octanol–water partition coefficient (Wildman–Crippen LogP) is 3.64. The van der Waals surface area contributed by atoms with Gasteiger partial charge in [-0.1, -0.05) is 6.07 Å². The minimum Gasteiger partial charge on any atom is -0.298 e. The highest BCUT2D eigenvalue weighted by atomic mass is 32.1. The summed E-state index contributed by atoms with van der Waals surface area (Å²) in [6, 6.07) is 6.83. The summed E-state index contributed by atoms with van der Waals surface area (Å²) in [5.74, 6) is 0. The van der Waals surface area contributed by atoms with Gasteiger partial charge in [-0.25, -0.2) is 4.98 Å². The maximum absolute atomic E-state index is 4.57. The lowest BCUT2D eigenvalue weighted by Gasteiger charge is -2.27. The minimum absolute atomic E-state index is 0.654. The van der Waals surface area contributed by atoms with E-state index in [0.717, 1.165) is 18.8 Å². The van der Waals surface area contributed by atoms with Crippen LogP contribution in [0.3, 0.4) is 0 Å². The van der Waals surface area contributed by atoms with E-state index in [1.807, 2.05) is 23.6 Å². The van der Waals surface area contributed by atoms with Crippen molar-refractivity contribution in [1.82, 2.24) is 19.8 Å². The molecule has 24 heavy (non-hydrogen) atoms. The maximum Gasteiger partial charge on any atom is 0.0900 e. The molecule has 0 saturated carbocycles. The quantitative estimate of drug-likeness (QED) is 0.829. The molecular weight excluding hydrogens is 316 g/mol. The van der Waals surface area contributed by atoms with Crippen molar-refractivity contribution in [3.63, 3.8) is 0 Å². The standard InChI is InChI=1S/C19H28N4S/c1-15-19(24-16(2)21-15)14-23-11-6-8-18(9-12-23)22(3)13-17-7-4-5-10-20-17/h4-5,7,10,18H,6,8-9,11-14H2,1-3H3. The third-order valence-corrected chi connectivity index (χ3v) is 5.98. The monoisotopic (exact) mass is 344 g/mol. The SMILES string of the molecule is Cc1nc(C)c(CN2CCCC(N(C)Cc3ccccn3)CC2)s1. The Morgan fingerprint density at radius 2 is 2.12 bits per heavy atom. The lowest BCUT2D eigenvalue weighted by atomic mass is 10.1. The zero-order valence-corrected chi connectivity index (χ0v) is 15.9. The van der Waals surface area contributed by atoms with Crippen molar-refractivity contribution in [2.75, 3.05) is 20.1 Å². The molecule has 0 aliphatic carbocycles. The molecule has 1 saturated heterocycles. The molecule has 1 unspecified atom stereocenters. The first-order valence-electron chi connectivity index (χ1n) is 8.87. The molecule has 0 N–H and O–H groups in total. The van der Waals surface area contributed by atoms with Gasteiger partial charge in [-0.05, 0) is 58.8 Å². The van der Waals surface area contributed by atoms with E-state index in [1.165, 1.54) is 47.9 Å². The zero-order chi connectivity index (χ0) is 16.9. The van der Waals surface area contributed by atoms with Gasteiger partial charge in [0.1, 0.15) is 0 Å². The Bertz CT molecular complexity index is 640. The van der Waals surface area contributed by atoms with Crippen LogP contribution in [0.15, 0.2) is 24.4 Å². The number of hydrogen-bond acceptors (Lipinski definition) is 5. The molecule has 0 bridgehead atoms. The van der Waals surface area contributed by atoms with E-state index in [9.17, 15) is 0 Å². The average molecular weight is 345 g/mol. The van der Waals surface area contributed by atoms with Crippen molar-refractivity contribution >= 4 is 11.3 Å². The summed E-state index contributed by atoms with van der Waals surface area (Å²) in [6.07, 6.45) is 5.67. The number of rotatable bonds is 5. The van der Waals surface area contributed by atoms with E-state index in [1.54, 1.807) is 0 Å². The molecule has 1 aliphatic heterocycles. The van der Waals surface area contributed by atoms with E-state index in [4.69, 9.17) is 0 Å². The van der Waals surface area contributed by atoms with Gasteiger partial charge in [-0.15, -0.1) is 11.3 Å². The van der Waals surface area contributed by atoms with E-state index in [-0.39, 0.29) is 0 Å². The normalized spacial score (nSPS) is 19.6. The van der Waals surface area contributed by atoms with Crippen LogP contribution in [0.5, 0.6) is 0 Å². The Hall–Kier alpha value is -1.30. The largest absolute Gasteiger partial charge is 0.298 e. The molecule has 1 aliphatic rings. The van der Waals surface area contributed by atoms with Crippen LogP contribution in [0.2, 0.25) is 0 Å². The summed E-state index contributed by atoms with van der Waals surface area (Å²) in [5, 5.41) is 1.19. The summed E-state index contributed by atoms with van der Waals surface area (Å²) in [6.45, 7) is 8.62. The van der Waals surface area contributed by atoms with Crippen LogP contribution in [0.25, 0.3) is 0 Å². The fourth-order valence-corrected chi connectivity index (χ4v) is 4.52. The minimum atomic E-state index is 0.654. The molecule has 0 amide bonds. The van der Waals surface area contributed by atoms with Gasteiger partial charge in [0.25, 0.3) is 0 Å². The van der Waals surface area contributed by atoms with Crippen LogP contribution in [-0.4, -0.2) is 45.9 Å². The van der Waals surface area contributed by atoms with Crippen LogP contribution in [0, 0.1) is 13.8 Å². The molecule has 5 heteroatoms. The lowest BCUT2D eigenvalue weighted by molar-refractivity contribution is 0.204. The molecule has 130 valence electrons. The van der Waals surface area contributed by atoms with Crippen molar-refractivity contribution in [3.8, 4) is 0 Å². The number of thiazole rings is 1. The predicted molar refractivity (Wildman–Crippen MR) is 100 cm³/mol. The second kappa shape index (κ2) is 8.19. The van der Waals surface area contributed by atoms with Gasteiger partial charge < -0.3 is 0 Å². The van der Waals surface area contributed by atoms with E-state index < -0.39 is 0 Å². The molecule has 3 heterocycles. The number of nitrogens with zero attached hydrogens (tertiary/aromatic N) is 4. The Morgan fingerprint density at radius 1 is 1.25 bits per heavy atom. The van der Waals surface area contributed by atoms with E-state index >= 15 is 0 Å². The third kappa shape index (κ3) is 4.62. The highest BCUT2D eigenvalue weighted by Gasteiger charge is 2.21. The van der Waals surface area contributed by atoms with Crippen LogP contribution in [0.4, 0.5) is 0 Å². The molecule has 2 aromatic rings. The number of aryl methyl sites for hydroxylation is 2. The van der Waals surface area contributed by atoms with Gasteiger partial charge in [0, 0.05) is 36.8 Å². The van der Waals surface area contributed by atoms with Gasteiger partial charge in [0.15, 0.2) is 0 Å². The Kier molecular flexibility index (Phi) is 5.98. The summed E-state index contributed by atoms with van der Waals surface area (Å²) in [4.78, 5) is 15.6. The van der Waals surface area contributed by atoms with Gasteiger partial charge >= 0.3 is 0 Å². The Balaban J connectivity index is 1.53. The number of aromatic nitrogens is 2. The van der Waals surface area contributed by atoms with Crippen LogP contribution in [0.1, 0.15) is 40.5 Å². The molecule has 3 rings (SSSR count). The van der Waals surface area contributed by atoms with Crippen LogP contribution >= 0.6 is 11.3 Å². The van der Waals surface area contributed by atoms with Gasteiger partial charge in [-0.2, -0.15) is 0 Å². The summed E-state index contributed by atoms with van der Waals surface area (Å²) in [5.41, 5.74) is 2.38. The molecule has 2 aromatic heterocycles. The first kappa shape index (κ1) is 17.5. The Labute approximate surface area is 149 Å². The number of pyridine rings is 1. The highest BCUT2D eigenvalue weighted by Crippen LogP contribution is 2.23. The molecule has 0 aromatic carbocycles. The smallest absolute Gasteiger partial charge is 0.0900 e. The first-order chi connectivity index (χ1) is 11.6. The topological polar surface area (TPSA) is 32.3 Å². The second-order valence-corrected chi connectivity index (χ2v) is 8.13. The van der Waals surface area contributed by atoms with Crippen molar-refractivity contribution < 1.29 is 0 Å². The van der Waals surface area contributed by atoms with E-state index in [2.05, 4.69) is 52.8 Å². The highest BCUT2D eigenvalue weighted by molar-refractivity contribution is 7.11. The van der Waals surface area contributed by atoms with Crippen LogP contribution in [-0.2, 0) is 13.1 Å². The molecule has 0 spiro atoms. The molecule has 0 radical (unpaired) electrons. The van der Waals surface area contributed by atoms with Crippen molar-refractivity contribution in [2.45, 2.75) is 52.2 Å². The number of hydrogen-bond donors (Lipinski definition) is 0. The molecular formula is C19H28N4S. The fourth-order valence-electron chi connectivity index (χ4n) is 3.54. The van der Waals surface area contributed by atoms with Crippen LogP contribution < -0.4 is 0 Å². The molecule has 4 nitrogen and oxygen atoms in total.